The van der Waals surface area contributed by atoms with Crippen LogP contribution < -0.4 is 5.32 Å². The Kier molecular flexibility index (Phi) is 5.51. The van der Waals surface area contributed by atoms with Crippen LogP contribution >= 0.6 is 11.6 Å². The number of alkyl halides is 1. The van der Waals surface area contributed by atoms with E-state index in [1.165, 1.54) is 24.4 Å². The minimum absolute atomic E-state index is 0.0251. The van der Waals surface area contributed by atoms with E-state index in [2.05, 4.69) is 5.32 Å². The number of halogens is 1. The zero-order valence-electron chi connectivity index (χ0n) is 13.3. The molecule has 128 valence electrons. The van der Waals surface area contributed by atoms with Crippen LogP contribution in [0.2, 0.25) is 0 Å². The molecule has 1 aromatic carbocycles. The maximum Gasteiger partial charge on any atom is 0.340 e. The second-order valence-corrected chi connectivity index (χ2v) is 5.56. The molecule has 1 aliphatic rings. The van der Waals surface area contributed by atoms with E-state index in [1.807, 2.05) is 0 Å². The van der Waals surface area contributed by atoms with Gasteiger partial charge in [-0.25, -0.2) is 9.59 Å². The maximum atomic E-state index is 12.2. The summed E-state index contributed by atoms with van der Waals surface area (Å²) in [7, 11) is 0. The van der Waals surface area contributed by atoms with E-state index in [1.54, 1.807) is 26.0 Å². The molecule has 6 nitrogen and oxygen atoms in total. The molecule has 1 heterocycles. The normalized spacial score (nSPS) is 19.6. The fourth-order valence-electron chi connectivity index (χ4n) is 2.20. The Hall–Kier alpha value is -2.47. The minimum Gasteiger partial charge on any atom is -0.508 e. The van der Waals surface area contributed by atoms with Crippen LogP contribution in [-0.2, 0) is 24.1 Å². The molecule has 7 heteroatoms. The summed E-state index contributed by atoms with van der Waals surface area (Å²) in [4.78, 5) is 23.0. The van der Waals surface area contributed by atoms with Gasteiger partial charge in [0.05, 0.1) is 24.4 Å². The van der Waals surface area contributed by atoms with Gasteiger partial charge in [-0.1, -0.05) is 23.7 Å². The molecule has 1 unspecified atom stereocenters. The lowest BCUT2D eigenvalue weighted by molar-refractivity contribution is -0.142. The molecule has 0 saturated carbocycles. The Morgan fingerprint density at radius 2 is 1.62 bits per heavy atom. The van der Waals surface area contributed by atoms with Gasteiger partial charge >= 0.3 is 11.9 Å². The summed E-state index contributed by atoms with van der Waals surface area (Å²) in [6, 6.07) is 6.17. The summed E-state index contributed by atoms with van der Waals surface area (Å²) < 4.78 is 9.96. The summed E-state index contributed by atoms with van der Waals surface area (Å²) in [6.45, 7) is 3.68. The fourth-order valence-corrected chi connectivity index (χ4v) is 2.49. The number of phenolic OH excluding ortho intramolecular Hbond substituents is 1. The first-order valence-electron chi connectivity index (χ1n) is 7.45. The topological polar surface area (TPSA) is 84.9 Å². The van der Waals surface area contributed by atoms with E-state index in [4.69, 9.17) is 21.1 Å². The van der Waals surface area contributed by atoms with Crippen molar-refractivity contribution in [2.24, 2.45) is 0 Å². The van der Waals surface area contributed by atoms with Crippen LogP contribution in [0, 0.1) is 0 Å². The van der Waals surface area contributed by atoms with Crippen molar-refractivity contribution >= 4 is 23.5 Å². The molecule has 0 bridgehead atoms. The predicted molar refractivity (Wildman–Crippen MR) is 88.2 cm³/mol. The highest BCUT2D eigenvalue weighted by molar-refractivity contribution is 6.26. The van der Waals surface area contributed by atoms with Gasteiger partial charge in [0, 0.05) is 6.20 Å². The molecule has 0 aromatic heterocycles. The van der Waals surface area contributed by atoms with Gasteiger partial charge in [-0.15, -0.1) is 0 Å². The molecular formula is C17H18ClNO5. The van der Waals surface area contributed by atoms with E-state index in [-0.39, 0.29) is 30.1 Å². The molecule has 1 aliphatic heterocycles. The molecular weight excluding hydrogens is 334 g/mol. The van der Waals surface area contributed by atoms with Crippen LogP contribution in [-0.4, -0.2) is 30.3 Å². The van der Waals surface area contributed by atoms with Gasteiger partial charge in [-0.3, -0.25) is 0 Å². The van der Waals surface area contributed by atoms with Crippen molar-refractivity contribution in [2.75, 3.05) is 13.2 Å². The van der Waals surface area contributed by atoms with E-state index in [0.717, 1.165) is 0 Å². The van der Waals surface area contributed by atoms with Gasteiger partial charge in [0.2, 0.25) is 0 Å². The smallest absolute Gasteiger partial charge is 0.340 e. The zero-order chi connectivity index (χ0) is 17.7. The van der Waals surface area contributed by atoms with Gasteiger partial charge in [0.15, 0.2) is 5.00 Å². The van der Waals surface area contributed by atoms with Crippen LogP contribution in [0.3, 0.4) is 0 Å². The average Bonchev–Trinajstić information content (AvgIpc) is 2.55. The Morgan fingerprint density at radius 3 is 2.17 bits per heavy atom. The van der Waals surface area contributed by atoms with Crippen LogP contribution in [0.5, 0.6) is 5.75 Å². The number of ether oxygens (including phenoxy) is 2. The van der Waals surface area contributed by atoms with Crippen LogP contribution in [0.1, 0.15) is 19.4 Å². The second-order valence-electron chi connectivity index (χ2n) is 4.96. The summed E-state index contributed by atoms with van der Waals surface area (Å²) in [6.07, 6.45) is 2.75. The third kappa shape index (κ3) is 3.71. The van der Waals surface area contributed by atoms with Crippen molar-refractivity contribution in [1.29, 1.82) is 0 Å². The monoisotopic (exact) mass is 351 g/mol. The lowest BCUT2D eigenvalue weighted by Gasteiger charge is -2.30. The number of phenols is 1. The van der Waals surface area contributed by atoms with Gasteiger partial charge in [0.1, 0.15) is 5.75 Å². The molecule has 0 amide bonds. The highest BCUT2D eigenvalue weighted by Crippen LogP contribution is 2.35. The van der Waals surface area contributed by atoms with Crippen LogP contribution in [0.4, 0.5) is 0 Å². The molecule has 24 heavy (non-hydrogen) atoms. The van der Waals surface area contributed by atoms with Crippen LogP contribution in [0.15, 0.2) is 47.7 Å². The van der Waals surface area contributed by atoms with E-state index in [0.29, 0.717) is 5.56 Å². The molecule has 2 N–H and O–H groups in total. The summed E-state index contributed by atoms with van der Waals surface area (Å²) in [5.41, 5.74) is 0.658. The third-order valence-electron chi connectivity index (χ3n) is 3.34. The molecule has 0 fully saturated rings. The lowest BCUT2D eigenvalue weighted by Crippen LogP contribution is -2.37. The number of rotatable bonds is 5. The Bertz CT molecular complexity index is 695. The van der Waals surface area contributed by atoms with Crippen molar-refractivity contribution in [3.8, 4) is 5.75 Å². The van der Waals surface area contributed by atoms with Gasteiger partial charge in [-0.2, -0.15) is 0 Å². The highest BCUT2D eigenvalue weighted by atomic mass is 35.5. The molecule has 1 aromatic rings. The highest BCUT2D eigenvalue weighted by Gasteiger charge is 2.36. The third-order valence-corrected chi connectivity index (χ3v) is 3.77. The van der Waals surface area contributed by atoms with E-state index >= 15 is 0 Å². The van der Waals surface area contributed by atoms with E-state index in [9.17, 15) is 14.7 Å². The summed E-state index contributed by atoms with van der Waals surface area (Å²) in [5, 5.41) is 12.3. The molecule has 0 radical (unpaired) electrons. The SMILES string of the molecule is CCOC(=O)C1=CNC(Cl)(c2ccc(O)cc2)C=C1C(=O)OCC. The standard InChI is InChI=1S/C17H18ClNO5/c1-3-23-15(21)13-9-17(18,11-5-7-12(20)8-6-11)19-10-14(13)16(22)24-4-2/h5-10,19-20H,3-4H2,1-2H3. The Labute approximate surface area is 144 Å². The first kappa shape index (κ1) is 17.9. The number of carbonyl (C=O) groups excluding carboxylic acids is 2. The quantitative estimate of drug-likeness (QED) is 0.481. The number of carbonyl (C=O) groups is 2. The largest absolute Gasteiger partial charge is 0.508 e. The first-order valence-corrected chi connectivity index (χ1v) is 7.82. The summed E-state index contributed by atoms with van der Waals surface area (Å²) in [5.74, 6) is -1.22. The van der Waals surface area contributed by atoms with Gasteiger partial charge in [0.25, 0.3) is 0 Å². The molecule has 0 aliphatic carbocycles. The molecule has 0 spiro atoms. The number of aromatic hydroxyl groups is 1. The maximum absolute atomic E-state index is 12.2. The Morgan fingerprint density at radius 1 is 1.08 bits per heavy atom. The van der Waals surface area contributed by atoms with Gasteiger partial charge in [-0.05, 0) is 37.6 Å². The predicted octanol–water partition coefficient (Wildman–Crippen LogP) is 2.32. The van der Waals surface area contributed by atoms with Gasteiger partial charge < -0.3 is 19.9 Å². The number of dihydropyridines is 1. The number of nitrogens with one attached hydrogen (secondary N) is 1. The average molecular weight is 352 g/mol. The second kappa shape index (κ2) is 7.40. The molecule has 0 saturated heterocycles. The molecule has 2 rings (SSSR count). The van der Waals surface area contributed by atoms with Crippen molar-refractivity contribution in [2.45, 2.75) is 18.8 Å². The summed E-state index contributed by atoms with van der Waals surface area (Å²) >= 11 is 6.57. The lowest BCUT2D eigenvalue weighted by atomic mass is 9.96. The zero-order valence-corrected chi connectivity index (χ0v) is 14.1. The van der Waals surface area contributed by atoms with Crippen molar-refractivity contribution < 1.29 is 24.2 Å². The fraction of sp³-hybridized carbons (Fsp3) is 0.294. The number of benzene rings is 1. The number of esters is 2. The van der Waals surface area contributed by atoms with Crippen LogP contribution in [0.25, 0.3) is 0 Å². The van der Waals surface area contributed by atoms with E-state index < -0.39 is 16.9 Å². The van der Waals surface area contributed by atoms with Crippen molar-refractivity contribution in [1.82, 2.24) is 5.32 Å². The first-order chi connectivity index (χ1) is 11.4. The Balaban J connectivity index is 2.43. The number of hydrogen-bond acceptors (Lipinski definition) is 6. The number of hydrogen-bond donors (Lipinski definition) is 2. The minimum atomic E-state index is -1.26. The molecule has 1 atom stereocenters. The van der Waals surface area contributed by atoms with Crippen molar-refractivity contribution in [3.63, 3.8) is 0 Å². The van der Waals surface area contributed by atoms with Crippen molar-refractivity contribution in [3.05, 3.63) is 53.3 Å².